The zero-order chi connectivity index (χ0) is 18.0. The number of rotatable bonds is 6. The second kappa shape index (κ2) is 9.33. The minimum atomic E-state index is 0.293. The van der Waals surface area contributed by atoms with Gasteiger partial charge >= 0.3 is 6.01 Å². The van der Waals surface area contributed by atoms with Crippen molar-refractivity contribution in [3.8, 4) is 11.8 Å². The van der Waals surface area contributed by atoms with Crippen LogP contribution in [-0.2, 0) is 5.75 Å². The molecule has 2 aromatic carbocycles. The van der Waals surface area contributed by atoms with Crippen LogP contribution in [0, 0.1) is 0 Å². The van der Waals surface area contributed by atoms with Crippen molar-refractivity contribution in [2.75, 3.05) is 0 Å². The molecular weight excluding hydrogens is 346 g/mol. The fraction of sp³-hybridized carbons (Fsp3) is 0.0526. The molecule has 3 rings (SSSR count). The van der Waals surface area contributed by atoms with E-state index in [-0.39, 0.29) is 0 Å². The van der Waals surface area contributed by atoms with Crippen LogP contribution in [0.4, 0.5) is 0 Å². The van der Waals surface area contributed by atoms with Gasteiger partial charge in [0.15, 0.2) is 5.17 Å². The Balaban J connectivity index is 1.56. The Kier molecular flexibility index (Phi) is 6.33. The monoisotopic (exact) mass is 363 g/mol. The molecular formula is C19H17N5OS. The quantitative estimate of drug-likeness (QED) is 0.408. The normalized spacial score (nSPS) is 11.6. The first-order valence-corrected chi connectivity index (χ1v) is 8.86. The Labute approximate surface area is 155 Å². The summed E-state index contributed by atoms with van der Waals surface area (Å²) in [4.78, 5) is 8.05. The minimum Gasteiger partial charge on any atom is -0.424 e. The Morgan fingerprint density at radius 3 is 2.65 bits per heavy atom. The number of benzene rings is 2. The number of ether oxygens (including phenoxy) is 1. The second-order valence-electron chi connectivity index (χ2n) is 5.16. The van der Waals surface area contributed by atoms with Gasteiger partial charge in [-0.1, -0.05) is 54.2 Å². The molecule has 2 N–H and O–H groups in total. The largest absolute Gasteiger partial charge is 0.424 e. The summed E-state index contributed by atoms with van der Waals surface area (Å²) in [5.41, 5.74) is 7.90. The van der Waals surface area contributed by atoms with Crippen molar-refractivity contribution in [1.82, 2.24) is 9.97 Å². The smallest absolute Gasteiger partial charge is 0.321 e. The highest BCUT2D eigenvalue weighted by Gasteiger charge is 2.00. The number of aromatic nitrogens is 2. The summed E-state index contributed by atoms with van der Waals surface area (Å²) < 4.78 is 5.59. The molecule has 0 bridgehead atoms. The van der Waals surface area contributed by atoms with E-state index in [0.717, 1.165) is 11.3 Å². The molecule has 0 radical (unpaired) electrons. The maximum atomic E-state index is 5.88. The molecule has 0 unspecified atom stereocenters. The van der Waals surface area contributed by atoms with E-state index in [2.05, 4.69) is 20.2 Å². The van der Waals surface area contributed by atoms with Crippen LogP contribution in [0.3, 0.4) is 0 Å². The number of thioether (sulfide) groups is 1. The van der Waals surface area contributed by atoms with Gasteiger partial charge in [0.25, 0.3) is 0 Å². The van der Waals surface area contributed by atoms with Crippen LogP contribution in [0.15, 0.2) is 83.3 Å². The third-order valence-electron chi connectivity index (χ3n) is 3.20. The molecule has 0 amide bonds. The van der Waals surface area contributed by atoms with E-state index in [9.17, 15) is 0 Å². The van der Waals surface area contributed by atoms with E-state index >= 15 is 0 Å². The molecule has 130 valence electrons. The first kappa shape index (κ1) is 17.6. The summed E-state index contributed by atoms with van der Waals surface area (Å²) in [7, 11) is 0. The maximum absolute atomic E-state index is 5.88. The van der Waals surface area contributed by atoms with Gasteiger partial charge in [0.05, 0.1) is 6.21 Å². The van der Waals surface area contributed by atoms with Gasteiger partial charge in [0, 0.05) is 18.1 Å². The van der Waals surface area contributed by atoms with Crippen LogP contribution in [0.5, 0.6) is 11.8 Å². The third kappa shape index (κ3) is 5.71. The van der Waals surface area contributed by atoms with Gasteiger partial charge in [0.2, 0.25) is 0 Å². The molecule has 3 aromatic rings. The maximum Gasteiger partial charge on any atom is 0.321 e. The summed E-state index contributed by atoms with van der Waals surface area (Å²) in [6, 6.07) is 19.5. The summed E-state index contributed by atoms with van der Waals surface area (Å²) in [5, 5.41) is 8.45. The number of nitrogens with zero attached hydrogens (tertiary/aromatic N) is 4. The molecule has 0 fully saturated rings. The predicted octanol–water partition coefficient (Wildman–Crippen LogP) is 3.85. The van der Waals surface area contributed by atoms with Crippen molar-refractivity contribution in [3.63, 3.8) is 0 Å². The van der Waals surface area contributed by atoms with E-state index < -0.39 is 0 Å². The average Bonchev–Trinajstić information content (AvgIpc) is 2.68. The van der Waals surface area contributed by atoms with Crippen LogP contribution in [0.2, 0.25) is 0 Å². The lowest BCUT2D eigenvalue weighted by molar-refractivity contribution is 0.441. The lowest BCUT2D eigenvalue weighted by Gasteiger charge is -2.03. The van der Waals surface area contributed by atoms with Crippen LogP contribution in [-0.4, -0.2) is 21.4 Å². The first-order chi connectivity index (χ1) is 12.8. The van der Waals surface area contributed by atoms with Gasteiger partial charge in [0.1, 0.15) is 5.75 Å². The molecule has 6 nitrogen and oxygen atoms in total. The van der Waals surface area contributed by atoms with E-state index in [0.29, 0.717) is 16.9 Å². The highest BCUT2D eigenvalue weighted by Crippen LogP contribution is 2.17. The Hall–Kier alpha value is -3.19. The fourth-order valence-electron chi connectivity index (χ4n) is 2.01. The standard InChI is InChI=1S/C19H17N5OS/c20-18(26-14-15-6-2-1-3-7-15)24-23-13-16-8-4-9-17(12-16)25-19-21-10-5-11-22-19/h1-13H,14H2,(H2,20,24). The highest BCUT2D eigenvalue weighted by molar-refractivity contribution is 8.13. The molecule has 0 aliphatic carbocycles. The predicted molar refractivity (Wildman–Crippen MR) is 106 cm³/mol. The molecule has 1 aromatic heterocycles. The number of hydrogen-bond donors (Lipinski definition) is 1. The molecule has 0 atom stereocenters. The summed E-state index contributed by atoms with van der Waals surface area (Å²) in [6.07, 6.45) is 4.87. The molecule has 26 heavy (non-hydrogen) atoms. The van der Waals surface area contributed by atoms with Gasteiger partial charge in [-0.3, -0.25) is 0 Å². The van der Waals surface area contributed by atoms with Gasteiger partial charge in [-0.15, -0.1) is 5.10 Å². The number of nitrogens with two attached hydrogens (primary N) is 1. The molecule has 0 saturated heterocycles. The van der Waals surface area contributed by atoms with E-state index in [4.69, 9.17) is 10.5 Å². The SMILES string of the molecule is NC(=NN=Cc1cccc(Oc2ncccn2)c1)SCc1ccccc1. The van der Waals surface area contributed by atoms with Crippen molar-refractivity contribution in [2.45, 2.75) is 5.75 Å². The lowest BCUT2D eigenvalue weighted by Crippen LogP contribution is -2.05. The van der Waals surface area contributed by atoms with Crippen LogP contribution in [0.25, 0.3) is 0 Å². The van der Waals surface area contributed by atoms with Crippen molar-refractivity contribution in [2.24, 2.45) is 15.9 Å². The van der Waals surface area contributed by atoms with Crippen LogP contribution >= 0.6 is 11.8 Å². The summed E-state index contributed by atoms with van der Waals surface area (Å²) in [5.74, 6) is 1.38. The van der Waals surface area contributed by atoms with Crippen molar-refractivity contribution >= 4 is 23.1 Å². The second-order valence-corrected chi connectivity index (χ2v) is 6.16. The van der Waals surface area contributed by atoms with E-state index in [1.165, 1.54) is 17.3 Å². The topological polar surface area (TPSA) is 85.8 Å². The minimum absolute atomic E-state index is 0.293. The van der Waals surface area contributed by atoms with Crippen molar-refractivity contribution in [1.29, 1.82) is 0 Å². The van der Waals surface area contributed by atoms with Crippen molar-refractivity contribution < 1.29 is 4.74 Å². The highest BCUT2D eigenvalue weighted by atomic mass is 32.2. The van der Waals surface area contributed by atoms with Crippen LogP contribution < -0.4 is 10.5 Å². The van der Waals surface area contributed by atoms with Gasteiger partial charge < -0.3 is 10.5 Å². The third-order valence-corrected chi connectivity index (χ3v) is 4.06. The lowest BCUT2D eigenvalue weighted by atomic mass is 10.2. The zero-order valence-corrected chi connectivity index (χ0v) is 14.7. The van der Waals surface area contributed by atoms with E-state index in [1.54, 1.807) is 24.7 Å². The zero-order valence-electron chi connectivity index (χ0n) is 13.9. The average molecular weight is 363 g/mol. The van der Waals surface area contributed by atoms with Gasteiger partial charge in [-0.2, -0.15) is 5.10 Å². The van der Waals surface area contributed by atoms with Gasteiger partial charge in [-0.05, 0) is 29.3 Å². The molecule has 7 heteroatoms. The Bertz CT molecular complexity index is 885. The number of amidine groups is 1. The van der Waals surface area contributed by atoms with Crippen LogP contribution in [0.1, 0.15) is 11.1 Å². The summed E-state index contributed by atoms with van der Waals surface area (Å²) >= 11 is 1.44. The molecule has 0 saturated carbocycles. The molecule has 0 aliphatic rings. The fourth-order valence-corrected chi connectivity index (χ4v) is 2.63. The number of hydrogen-bond acceptors (Lipinski definition) is 6. The van der Waals surface area contributed by atoms with Gasteiger partial charge in [-0.25, -0.2) is 9.97 Å². The first-order valence-electron chi connectivity index (χ1n) is 7.88. The Morgan fingerprint density at radius 1 is 1.04 bits per heavy atom. The summed E-state index contributed by atoms with van der Waals surface area (Å²) in [6.45, 7) is 0. The van der Waals surface area contributed by atoms with E-state index in [1.807, 2.05) is 54.6 Å². The van der Waals surface area contributed by atoms with Crippen molar-refractivity contribution in [3.05, 3.63) is 84.2 Å². The molecule has 0 aliphatic heterocycles. The Morgan fingerprint density at radius 2 is 1.85 bits per heavy atom. The molecule has 0 spiro atoms. The molecule has 1 heterocycles.